The van der Waals surface area contributed by atoms with Crippen LogP contribution in [0.3, 0.4) is 0 Å². The number of hydrogen-bond donors (Lipinski definition) is 0. The Kier molecular flexibility index (Phi) is 7.05. The number of piperidine rings is 1. The Hall–Kier alpha value is -1.68. The summed E-state index contributed by atoms with van der Waals surface area (Å²) in [4.78, 5) is 5.00. The van der Waals surface area contributed by atoms with Crippen molar-refractivity contribution >= 4 is 26.9 Å². The third kappa shape index (κ3) is 5.06. The van der Waals surface area contributed by atoms with Crippen molar-refractivity contribution in [2.24, 2.45) is 5.92 Å². The summed E-state index contributed by atoms with van der Waals surface area (Å²) in [5, 5.41) is 0. The number of methoxy groups -OCH3 is 1. The third-order valence-electron chi connectivity index (χ3n) is 7.00. The molecular weight excluding hydrogens is 440 g/mol. The summed E-state index contributed by atoms with van der Waals surface area (Å²) in [5.41, 5.74) is 2.44. The first kappa shape index (κ1) is 24.4. The standard InChI is InChI=1S/C24H38N4O4S/c1-24(2,3)23-25-21-16-19(6-7-22(21)28(23)17-18-10-14-32-15-11-18)26(4)33(29,30)27-12-8-20(31-5)9-13-27/h6-7,16,18,20H,8-15,17H2,1-5H3/p+1. The Morgan fingerprint density at radius 2 is 1.82 bits per heavy atom. The quantitative estimate of drug-likeness (QED) is 0.597. The first-order valence-electron chi connectivity index (χ1n) is 12.0. The highest BCUT2D eigenvalue weighted by Crippen LogP contribution is 2.32. The topological polar surface area (TPSA) is 80.5 Å². The Bertz CT molecular complexity index is 1060. The highest BCUT2D eigenvalue weighted by molar-refractivity contribution is 7.90. The molecule has 2 aliphatic heterocycles. The van der Waals surface area contributed by atoms with E-state index in [1.165, 1.54) is 4.31 Å². The second kappa shape index (κ2) is 9.52. The average molecular weight is 480 g/mol. The number of imidazole rings is 1. The highest BCUT2D eigenvalue weighted by atomic mass is 32.2. The number of anilines is 1. The first-order chi connectivity index (χ1) is 15.6. The van der Waals surface area contributed by atoms with Crippen molar-refractivity contribution in [1.82, 2.24) is 13.9 Å². The Morgan fingerprint density at radius 3 is 2.42 bits per heavy atom. The fourth-order valence-electron chi connectivity index (χ4n) is 4.92. The van der Waals surface area contributed by atoms with Gasteiger partial charge >= 0.3 is 10.2 Å². The first-order valence-corrected chi connectivity index (χ1v) is 13.4. The van der Waals surface area contributed by atoms with Crippen LogP contribution in [0.15, 0.2) is 18.2 Å². The van der Waals surface area contributed by atoms with E-state index in [9.17, 15) is 8.42 Å². The SMILES string of the molecule is COC1CCN(S(=O)(=O)N(C)c2ccc3c(c2)nc(C(C)(C)C)n3CC2CC[OH+]CC2)CC1. The van der Waals surface area contributed by atoms with Gasteiger partial charge in [-0.1, -0.05) is 20.8 Å². The van der Waals surface area contributed by atoms with Gasteiger partial charge in [0, 0.05) is 52.0 Å². The molecule has 0 bridgehead atoms. The normalized spacial score (nSPS) is 19.9. The van der Waals surface area contributed by atoms with Crippen molar-refractivity contribution in [2.45, 2.75) is 64.5 Å². The molecule has 0 atom stereocenters. The van der Waals surface area contributed by atoms with Gasteiger partial charge in [0.1, 0.15) is 19.0 Å². The van der Waals surface area contributed by atoms with Crippen molar-refractivity contribution < 1.29 is 17.9 Å². The maximum absolute atomic E-state index is 13.3. The molecule has 2 saturated heterocycles. The van der Waals surface area contributed by atoms with Gasteiger partial charge in [-0.15, -0.1) is 0 Å². The molecule has 0 saturated carbocycles. The lowest BCUT2D eigenvalue weighted by molar-refractivity contribution is -0.0810. The molecule has 2 aliphatic rings. The van der Waals surface area contributed by atoms with Crippen molar-refractivity contribution in [3.05, 3.63) is 24.0 Å². The molecule has 8 nitrogen and oxygen atoms in total. The van der Waals surface area contributed by atoms with Gasteiger partial charge in [0.15, 0.2) is 0 Å². The minimum Gasteiger partial charge on any atom is -0.434 e. The van der Waals surface area contributed by atoms with Crippen molar-refractivity contribution in [3.63, 3.8) is 0 Å². The smallest absolute Gasteiger partial charge is 0.303 e. The predicted octanol–water partition coefficient (Wildman–Crippen LogP) is 3.06. The molecule has 0 radical (unpaired) electrons. The van der Waals surface area contributed by atoms with Crippen LogP contribution in [0.2, 0.25) is 0 Å². The van der Waals surface area contributed by atoms with E-state index in [1.807, 2.05) is 18.2 Å². The molecule has 9 heteroatoms. The summed E-state index contributed by atoms with van der Waals surface area (Å²) >= 11 is 0. The minimum atomic E-state index is -3.60. The van der Waals surface area contributed by atoms with Gasteiger partial charge in [-0.05, 0) is 37.0 Å². The lowest BCUT2D eigenvalue weighted by atomic mass is 9.94. The molecule has 33 heavy (non-hydrogen) atoms. The summed E-state index contributed by atoms with van der Waals surface area (Å²) < 4.78 is 41.7. The molecule has 2 fully saturated rings. The lowest BCUT2D eigenvalue weighted by Gasteiger charge is -2.33. The summed E-state index contributed by atoms with van der Waals surface area (Å²) in [6, 6.07) is 5.85. The number of rotatable bonds is 6. The summed E-state index contributed by atoms with van der Waals surface area (Å²) in [5.74, 6) is 1.64. The summed E-state index contributed by atoms with van der Waals surface area (Å²) in [7, 11) is -0.287. The lowest BCUT2D eigenvalue weighted by Crippen LogP contribution is -2.47. The molecule has 0 aliphatic carbocycles. The van der Waals surface area contributed by atoms with E-state index in [-0.39, 0.29) is 11.5 Å². The molecule has 1 N–H and O–H groups in total. The van der Waals surface area contributed by atoms with E-state index in [2.05, 4.69) is 30.1 Å². The molecule has 0 spiro atoms. The number of benzene rings is 1. The van der Waals surface area contributed by atoms with E-state index in [1.54, 1.807) is 18.5 Å². The molecule has 1 aromatic carbocycles. The third-order valence-corrected chi connectivity index (χ3v) is 8.93. The van der Waals surface area contributed by atoms with Crippen LogP contribution in [0.4, 0.5) is 5.69 Å². The van der Waals surface area contributed by atoms with Crippen LogP contribution in [-0.4, -0.2) is 73.6 Å². The van der Waals surface area contributed by atoms with Crippen molar-refractivity contribution in [3.8, 4) is 0 Å². The van der Waals surface area contributed by atoms with Crippen molar-refractivity contribution in [2.75, 3.05) is 44.8 Å². The maximum atomic E-state index is 13.3. The van der Waals surface area contributed by atoms with Crippen LogP contribution in [0, 0.1) is 5.92 Å². The Morgan fingerprint density at radius 1 is 1.15 bits per heavy atom. The van der Waals surface area contributed by atoms with Crippen LogP contribution in [0.1, 0.15) is 52.3 Å². The highest BCUT2D eigenvalue weighted by Gasteiger charge is 2.32. The fourth-order valence-corrected chi connectivity index (χ4v) is 6.32. The number of ether oxygens (including phenoxy) is 2. The van der Waals surface area contributed by atoms with Crippen molar-refractivity contribution in [1.29, 1.82) is 0 Å². The average Bonchev–Trinajstić information content (AvgIpc) is 3.17. The van der Waals surface area contributed by atoms with E-state index >= 15 is 0 Å². The minimum absolute atomic E-state index is 0.109. The second-order valence-corrected chi connectivity index (χ2v) is 12.4. The Labute approximate surface area is 198 Å². The monoisotopic (exact) mass is 479 g/mol. The van der Waals surface area contributed by atoms with E-state index < -0.39 is 10.2 Å². The summed E-state index contributed by atoms with van der Waals surface area (Å²) in [6.45, 7) is 10.3. The van der Waals surface area contributed by atoms with Gasteiger partial charge in [0.2, 0.25) is 0 Å². The van der Waals surface area contributed by atoms with E-state index in [0.29, 0.717) is 24.7 Å². The van der Waals surface area contributed by atoms with Crippen LogP contribution in [0.25, 0.3) is 11.0 Å². The fraction of sp³-hybridized carbons (Fsp3) is 0.708. The van der Waals surface area contributed by atoms with E-state index in [0.717, 1.165) is 62.3 Å². The molecule has 3 heterocycles. The number of nitrogens with zero attached hydrogens (tertiary/aromatic N) is 4. The molecule has 184 valence electrons. The van der Waals surface area contributed by atoms with Gasteiger partial charge in [-0.2, -0.15) is 12.7 Å². The molecular formula is C24H39N4O4S+. The molecule has 2 aromatic rings. The molecule has 0 unspecified atom stereocenters. The van der Waals surface area contributed by atoms with Gasteiger partial charge < -0.3 is 14.0 Å². The number of aromatic nitrogens is 2. The number of aliphatic hydroxyl groups is 2. The van der Waals surface area contributed by atoms with Crippen LogP contribution < -0.4 is 4.31 Å². The van der Waals surface area contributed by atoms with Crippen LogP contribution in [0.5, 0.6) is 0 Å². The zero-order chi connectivity index (χ0) is 23.8. The van der Waals surface area contributed by atoms with Gasteiger partial charge in [-0.3, -0.25) is 4.31 Å². The predicted molar refractivity (Wildman–Crippen MR) is 132 cm³/mol. The van der Waals surface area contributed by atoms with Gasteiger partial charge in [0.05, 0.1) is 22.8 Å². The molecule has 1 aromatic heterocycles. The molecule has 4 rings (SSSR count). The van der Waals surface area contributed by atoms with Crippen LogP contribution >= 0.6 is 0 Å². The van der Waals surface area contributed by atoms with Gasteiger partial charge in [0.25, 0.3) is 0 Å². The zero-order valence-electron chi connectivity index (χ0n) is 20.6. The van der Waals surface area contributed by atoms with E-state index in [4.69, 9.17) is 9.72 Å². The molecule has 0 amide bonds. The van der Waals surface area contributed by atoms with Crippen LogP contribution in [-0.2, 0) is 26.9 Å². The summed E-state index contributed by atoms with van der Waals surface area (Å²) in [6.07, 6.45) is 3.80. The largest absolute Gasteiger partial charge is 0.434 e. The zero-order valence-corrected chi connectivity index (χ0v) is 21.4. The second-order valence-electron chi connectivity index (χ2n) is 10.4. The number of fused-ring (bicyclic) bond motifs is 1. The number of hydrogen-bond acceptors (Lipinski definition) is 4. The van der Waals surface area contributed by atoms with Gasteiger partial charge in [-0.25, -0.2) is 4.98 Å². The Balaban J connectivity index is 1.63. The maximum Gasteiger partial charge on any atom is 0.303 e.